The molecule has 0 aromatic heterocycles. The van der Waals surface area contributed by atoms with Crippen LogP contribution in [0.15, 0.2) is 24.3 Å². The maximum Gasteiger partial charge on any atom is 0.115 e. The number of aromatic hydroxyl groups is 1. The molecular weight excluding hydrogens is 252 g/mol. The van der Waals surface area contributed by atoms with Gasteiger partial charge in [0.1, 0.15) is 5.75 Å². The summed E-state index contributed by atoms with van der Waals surface area (Å²) in [6.07, 6.45) is 2.29. The molecule has 2 rings (SSSR count). The van der Waals surface area contributed by atoms with Crippen molar-refractivity contribution in [2.24, 2.45) is 5.73 Å². The second kappa shape index (κ2) is 7.07. The van der Waals surface area contributed by atoms with Crippen molar-refractivity contribution in [2.75, 3.05) is 19.7 Å². The molecule has 3 unspecified atom stereocenters. The monoisotopic (exact) mass is 278 g/mol. The predicted octanol–water partition coefficient (Wildman–Crippen LogP) is 1.76. The van der Waals surface area contributed by atoms with Crippen molar-refractivity contribution < 1.29 is 9.84 Å². The number of morpholine rings is 1. The van der Waals surface area contributed by atoms with Gasteiger partial charge in [-0.05, 0) is 44.4 Å². The van der Waals surface area contributed by atoms with Gasteiger partial charge >= 0.3 is 0 Å². The first-order chi connectivity index (χ1) is 9.56. The molecule has 4 heteroatoms. The maximum absolute atomic E-state index is 9.29. The van der Waals surface area contributed by atoms with Crippen molar-refractivity contribution in [1.29, 1.82) is 0 Å². The molecular formula is C16H26N2O2. The van der Waals surface area contributed by atoms with E-state index in [0.29, 0.717) is 11.8 Å². The third-order valence-electron chi connectivity index (χ3n) is 4.12. The first-order valence-electron chi connectivity index (χ1n) is 7.45. The lowest BCUT2D eigenvalue weighted by Crippen LogP contribution is -2.52. The van der Waals surface area contributed by atoms with E-state index in [1.807, 2.05) is 19.1 Å². The van der Waals surface area contributed by atoms with Gasteiger partial charge in [0.15, 0.2) is 0 Å². The summed E-state index contributed by atoms with van der Waals surface area (Å²) in [6, 6.07) is 8.09. The van der Waals surface area contributed by atoms with Crippen molar-refractivity contribution in [3.05, 3.63) is 29.8 Å². The van der Waals surface area contributed by atoms with Crippen LogP contribution in [-0.2, 0) is 11.2 Å². The van der Waals surface area contributed by atoms with Crippen LogP contribution in [0.1, 0.15) is 25.8 Å². The summed E-state index contributed by atoms with van der Waals surface area (Å²) in [5.41, 5.74) is 7.20. The molecule has 3 N–H and O–H groups in total. The van der Waals surface area contributed by atoms with Crippen molar-refractivity contribution in [3.8, 4) is 5.75 Å². The van der Waals surface area contributed by atoms with Crippen LogP contribution in [0.25, 0.3) is 0 Å². The molecule has 1 aliphatic rings. The standard InChI is InChI=1S/C16H26N2O2/c1-12(3-4-14-5-7-15(19)8-6-14)18-9-10-20-16(11-18)13(2)17/h5-8,12-13,16,19H,3-4,9-11,17H2,1-2H3. The Bertz CT molecular complexity index is 405. The highest BCUT2D eigenvalue weighted by atomic mass is 16.5. The Balaban J connectivity index is 1.82. The highest BCUT2D eigenvalue weighted by Gasteiger charge is 2.26. The third kappa shape index (κ3) is 4.20. The largest absolute Gasteiger partial charge is 0.508 e. The fraction of sp³-hybridized carbons (Fsp3) is 0.625. The van der Waals surface area contributed by atoms with E-state index in [1.165, 1.54) is 5.56 Å². The number of phenolic OH excluding ortho intramolecular Hbond substituents is 1. The Kier molecular flexibility index (Phi) is 5.40. The lowest BCUT2D eigenvalue weighted by atomic mass is 10.0. The Morgan fingerprint density at radius 1 is 1.35 bits per heavy atom. The van der Waals surface area contributed by atoms with Gasteiger partial charge in [-0.25, -0.2) is 0 Å². The number of nitrogens with two attached hydrogens (primary N) is 1. The Morgan fingerprint density at radius 3 is 2.70 bits per heavy atom. The molecule has 1 aliphatic heterocycles. The molecule has 1 heterocycles. The van der Waals surface area contributed by atoms with Gasteiger partial charge in [0.05, 0.1) is 12.7 Å². The first kappa shape index (κ1) is 15.3. The number of benzene rings is 1. The SMILES string of the molecule is CC(N)C1CN(C(C)CCc2ccc(O)cc2)CCO1. The van der Waals surface area contributed by atoms with Crippen LogP contribution in [0.3, 0.4) is 0 Å². The molecule has 0 amide bonds. The van der Waals surface area contributed by atoms with Crippen LogP contribution in [-0.4, -0.2) is 47.9 Å². The zero-order valence-corrected chi connectivity index (χ0v) is 12.5. The molecule has 1 aromatic carbocycles. The lowest BCUT2D eigenvalue weighted by Gasteiger charge is -2.38. The van der Waals surface area contributed by atoms with Gasteiger partial charge in [-0.15, -0.1) is 0 Å². The number of rotatable bonds is 5. The topological polar surface area (TPSA) is 58.7 Å². The van der Waals surface area contributed by atoms with E-state index in [1.54, 1.807) is 12.1 Å². The Hall–Kier alpha value is -1.10. The molecule has 1 aromatic rings. The molecule has 0 spiro atoms. The van der Waals surface area contributed by atoms with Crippen molar-refractivity contribution >= 4 is 0 Å². The van der Waals surface area contributed by atoms with Gasteiger partial charge in [-0.2, -0.15) is 0 Å². The first-order valence-corrected chi connectivity index (χ1v) is 7.45. The third-order valence-corrected chi connectivity index (χ3v) is 4.12. The van der Waals surface area contributed by atoms with Gasteiger partial charge in [0.25, 0.3) is 0 Å². The molecule has 0 bridgehead atoms. The summed E-state index contributed by atoms with van der Waals surface area (Å²) in [4.78, 5) is 2.47. The number of hydrogen-bond acceptors (Lipinski definition) is 4. The summed E-state index contributed by atoms with van der Waals surface area (Å²) in [5.74, 6) is 0.328. The van der Waals surface area contributed by atoms with E-state index < -0.39 is 0 Å². The zero-order valence-electron chi connectivity index (χ0n) is 12.5. The van der Waals surface area contributed by atoms with Gasteiger partial charge in [0, 0.05) is 25.2 Å². The molecule has 4 nitrogen and oxygen atoms in total. The van der Waals surface area contributed by atoms with Gasteiger partial charge < -0.3 is 15.6 Å². The maximum atomic E-state index is 9.29. The fourth-order valence-electron chi connectivity index (χ4n) is 2.64. The molecule has 0 radical (unpaired) electrons. The molecule has 0 saturated carbocycles. The Morgan fingerprint density at radius 2 is 2.05 bits per heavy atom. The summed E-state index contributed by atoms with van der Waals surface area (Å²) < 4.78 is 5.70. The van der Waals surface area contributed by atoms with Crippen LogP contribution in [0, 0.1) is 0 Å². The van der Waals surface area contributed by atoms with E-state index in [9.17, 15) is 5.11 Å². The van der Waals surface area contributed by atoms with Gasteiger partial charge in [-0.3, -0.25) is 4.90 Å². The molecule has 112 valence electrons. The quantitative estimate of drug-likeness (QED) is 0.861. The highest BCUT2D eigenvalue weighted by Crippen LogP contribution is 2.16. The second-order valence-electron chi connectivity index (χ2n) is 5.82. The minimum Gasteiger partial charge on any atom is -0.508 e. The fourth-order valence-corrected chi connectivity index (χ4v) is 2.64. The second-order valence-corrected chi connectivity index (χ2v) is 5.82. The van der Waals surface area contributed by atoms with Crippen molar-refractivity contribution in [1.82, 2.24) is 4.90 Å². The van der Waals surface area contributed by atoms with Crippen molar-refractivity contribution in [2.45, 2.75) is 44.9 Å². The summed E-state index contributed by atoms with van der Waals surface area (Å²) >= 11 is 0. The smallest absolute Gasteiger partial charge is 0.115 e. The van der Waals surface area contributed by atoms with Gasteiger partial charge in [-0.1, -0.05) is 12.1 Å². The minimum atomic E-state index is 0.0853. The number of nitrogens with zero attached hydrogens (tertiary/aromatic N) is 1. The summed E-state index contributed by atoms with van der Waals surface area (Å²) in [6.45, 7) is 6.96. The number of ether oxygens (including phenoxy) is 1. The molecule has 20 heavy (non-hydrogen) atoms. The average molecular weight is 278 g/mol. The predicted molar refractivity (Wildman–Crippen MR) is 80.9 cm³/mol. The van der Waals surface area contributed by atoms with Crippen LogP contribution in [0.2, 0.25) is 0 Å². The van der Waals surface area contributed by atoms with Crippen LogP contribution in [0.5, 0.6) is 5.75 Å². The molecule has 1 saturated heterocycles. The Labute approximate surface area is 121 Å². The number of hydrogen-bond donors (Lipinski definition) is 2. The number of phenols is 1. The van der Waals surface area contributed by atoms with Gasteiger partial charge in [0.2, 0.25) is 0 Å². The van der Waals surface area contributed by atoms with E-state index in [4.69, 9.17) is 10.5 Å². The zero-order chi connectivity index (χ0) is 14.5. The van der Waals surface area contributed by atoms with E-state index >= 15 is 0 Å². The van der Waals surface area contributed by atoms with E-state index in [-0.39, 0.29) is 12.1 Å². The van der Waals surface area contributed by atoms with Crippen molar-refractivity contribution in [3.63, 3.8) is 0 Å². The summed E-state index contributed by atoms with van der Waals surface area (Å²) in [7, 11) is 0. The van der Waals surface area contributed by atoms with Crippen LogP contribution >= 0.6 is 0 Å². The number of aryl methyl sites for hydroxylation is 1. The molecule has 3 atom stereocenters. The molecule has 1 fully saturated rings. The highest BCUT2D eigenvalue weighted by molar-refractivity contribution is 5.25. The van der Waals surface area contributed by atoms with E-state index in [0.717, 1.165) is 32.5 Å². The summed E-state index contributed by atoms with van der Waals surface area (Å²) in [5, 5.41) is 9.29. The van der Waals surface area contributed by atoms with Crippen LogP contribution < -0.4 is 5.73 Å². The van der Waals surface area contributed by atoms with Crippen LogP contribution in [0.4, 0.5) is 0 Å². The molecule has 0 aliphatic carbocycles. The normalized spacial score (nSPS) is 23.4. The minimum absolute atomic E-state index is 0.0853. The lowest BCUT2D eigenvalue weighted by molar-refractivity contribution is -0.0501. The van der Waals surface area contributed by atoms with E-state index in [2.05, 4.69) is 11.8 Å². The average Bonchev–Trinajstić information content (AvgIpc) is 2.46.